The second-order valence-electron chi connectivity index (χ2n) is 5.50. The zero-order chi connectivity index (χ0) is 16.3. The topological polar surface area (TPSA) is 46.5 Å². The van der Waals surface area contributed by atoms with E-state index >= 15 is 0 Å². The monoisotopic (exact) mass is 318 g/mol. The summed E-state index contributed by atoms with van der Waals surface area (Å²) < 4.78 is 5.69. The Morgan fingerprint density at radius 1 is 1.18 bits per heavy atom. The molecule has 0 spiro atoms. The molecule has 22 heavy (non-hydrogen) atoms. The van der Waals surface area contributed by atoms with Gasteiger partial charge in [0.25, 0.3) is 0 Å². The molecule has 0 fully saturated rings. The predicted octanol–water partition coefficient (Wildman–Crippen LogP) is 4.34. The molecule has 2 rings (SSSR count). The minimum atomic E-state index is -0.987. The fourth-order valence-corrected chi connectivity index (χ4v) is 2.61. The first-order valence-electron chi connectivity index (χ1n) is 7.08. The lowest BCUT2D eigenvalue weighted by Crippen LogP contribution is -2.29. The number of rotatable bonds is 5. The molecule has 1 N–H and O–H groups in total. The summed E-state index contributed by atoms with van der Waals surface area (Å²) in [5.41, 5.74) is 3.85. The second-order valence-corrected chi connectivity index (χ2v) is 5.90. The van der Waals surface area contributed by atoms with Gasteiger partial charge in [-0.15, -0.1) is 0 Å². The normalized spacial score (nSPS) is 12.0. The number of carboxylic acid groups (broad SMARTS) is 1. The molecule has 0 saturated carbocycles. The molecule has 0 aliphatic heterocycles. The summed E-state index contributed by atoms with van der Waals surface area (Å²) in [6, 6.07) is 11.2. The lowest BCUT2D eigenvalue weighted by atomic mass is 10.0. The Labute approximate surface area is 135 Å². The maximum Gasteiger partial charge on any atom is 0.345 e. The van der Waals surface area contributed by atoms with Crippen molar-refractivity contribution in [1.82, 2.24) is 0 Å². The Morgan fingerprint density at radius 2 is 1.82 bits per heavy atom. The third-order valence-electron chi connectivity index (χ3n) is 3.53. The van der Waals surface area contributed by atoms with E-state index in [1.165, 1.54) is 0 Å². The van der Waals surface area contributed by atoms with Crippen LogP contribution in [0.1, 0.15) is 22.3 Å². The van der Waals surface area contributed by atoms with E-state index in [1.807, 2.05) is 51.1 Å². The van der Waals surface area contributed by atoms with Crippen LogP contribution in [0.2, 0.25) is 5.02 Å². The maximum absolute atomic E-state index is 11.5. The molecule has 0 saturated heterocycles. The van der Waals surface area contributed by atoms with Gasteiger partial charge in [-0.25, -0.2) is 4.79 Å². The summed E-state index contributed by atoms with van der Waals surface area (Å²) >= 11 is 6.09. The molecule has 0 aliphatic carbocycles. The van der Waals surface area contributed by atoms with Crippen molar-refractivity contribution in [3.63, 3.8) is 0 Å². The second kappa shape index (κ2) is 6.84. The Balaban J connectivity index is 2.23. The van der Waals surface area contributed by atoms with E-state index in [4.69, 9.17) is 16.3 Å². The number of carbonyl (C=O) groups is 1. The van der Waals surface area contributed by atoms with E-state index in [1.54, 1.807) is 6.07 Å². The van der Waals surface area contributed by atoms with Crippen molar-refractivity contribution in [1.29, 1.82) is 0 Å². The quantitative estimate of drug-likeness (QED) is 0.892. The fraction of sp³-hybridized carbons (Fsp3) is 0.278. The lowest BCUT2D eigenvalue weighted by molar-refractivity contribution is -0.145. The van der Waals surface area contributed by atoms with Gasteiger partial charge in [-0.2, -0.15) is 0 Å². The summed E-state index contributed by atoms with van der Waals surface area (Å²) in [7, 11) is 0. The maximum atomic E-state index is 11.5. The van der Waals surface area contributed by atoms with Crippen LogP contribution >= 0.6 is 11.6 Å². The van der Waals surface area contributed by atoms with Crippen LogP contribution in [0.4, 0.5) is 0 Å². The standard InChI is InChI=1S/C18H19ClO3/c1-11-7-12(2)9-15(8-11)22-17(18(20)21)10-14-5-4-6-16(19)13(14)3/h4-9,17H,10H2,1-3H3,(H,20,21)/t17-/m1/s1. The van der Waals surface area contributed by atoms with Crippen LogP contribution < -0.4 is 4.74 Å². The minimum absolute atomic E-state index is 0.273. The Bertz CT molecular complexity index is 674. The molecule has 0 heterocycles. The van der Waals surface area contributed by atoms with Gasteiger partial charge in [0.1, 0.15) is 5.75 Å². The molecular formula is C18H19ClO3. The molecule has 2 aromatic carbocycles. The first-order valence-corrected chi connectivity index (χ1v) is 7.46. The molecule has 116 valence electrons. The molecule has 0 unspecified atom stereocenters. The average molecular weight is 319 g/mol. The first kappa shape index (κ1) is 16.4. The molecule has 0 amide bonds. The van der Waals surface area contributed by atoms with Gasteiger partial charge in [0.05, 0.1) is 0 Å². The number of aryl methyl sites for hydroxylation is 2. The molecule has 0 aliphatic rings. The number of aliphatic carboxylic acids is 1. The number of hydrogen-bond acceptors (Lipinski definition) is 2. The number of ether oxygens (including phenoxy) is 1. The number of carboxylic acids is 1. The van der Waals surface area contributed by atoms with Crippen LogP contribution in [0.5, 0.6) is 5.75 Å². The van der Waals surface area contributed by atoms with E-state index in [2.05, 4.69) is 0 Å². The smallest absolute Gasteiger partial charge is 0.345 e. The van der Waals surface area contributed by atoms with Gasteiger partial charge in [0.15, 0.2) is 6.10 Å². The van der Waals surface area contributed by atoms with Gasteiger partial charge in [-0.3, -0.25) is 0 Å². The van der Waals surface area contributed by atoms with E-state index in [-0.39, 0.29) is 6.42 Å². The van der Waals surface area contributed by atoms with Gasteiger partial charge < -0.3 is 9.84 Å². The molecule has 0 bridgehead atoms. The summed E-state index contributed by atoms with van der Waals surface area (Å²) in [6.07, 6.45) is -0.673. The van der Waals surface area contributed by atoms with Crippen molar-refractivity contribution in [2.24, 2.45) is 0 Å². The van der Waals surface area contributed by atoms with Gasteiger partial charge in [-0.1, -0.05) is 29.8 Å². The van der Waals surface area contributed by atoms with Crippen molar-refractivity contribution < 1.29 is 14.6 Å². The van der Waals surface area contributed by atoms with Crippen molar-refractivity contribution in [3.05, 3.63) is 63.7 Å². The van der Waals surface area contributed by atoms with Crippen molar-refractivity contribution >= 4 is 17.6 Å². The SMILES string of the molecule is Cc1cc(C)cc(O[C@H](Cc2cccc(Cl)c2C)C(=O)O)c1. The lowest BCUT2D eigenvalue weighted by Gasteiger charge is -2.17. The third kappa shape index (κ3) is 4.01. The molecule has 0 aromatic heterocycles. The highest BCUT2D eigenvalue weighted by molar-refractivity contribution is 6.31. The minimum Gasteiger partial charge on any atom is -0.478 e. The fourth-order valence-electron chi connectivity index (χ4n) is 2.42. The van der Waals surface area contributed by atoms with E-state index in [9.17, 15) is 9.90 Å². The van der Waals surface area contributed by atoms with Crippen LogP contribution in [0, 0.1) is 20.8 Å². The zero-order valence-corrected chi connectivity index (χ0v) is 13.6. The number of halogens is 1. The predicted molar refractivity (Wildman–Crippen MR) is 87.9 cm³/mol. The first-order chi connectivity index (χ1) is 10.4. The van der Waals surface area contributed by atoms with Crippen molar-refractivity contribution in [3.8, 4) is 5.75 Å². The van der Waals surface area contributed by atoms with Crippen LogP contribution in [0.3, 0.4) is 0 Å². The highest BCUT2D eigenvalue weighted by atomic mass is 35.5. The number of benzene rings is 2. The highest BCUT2D eigenvalue weighted by Gasteiger charge is 2.21. The van der Waals surface area contributed by atoms with Gasteiger partial charge in [-0.05, 0) is 61.2 Å². The highest BCUT2D eigenvalue weighted by Crippen LogP contribution is 2.23. The van der Waals surface area contributed by atoms with Crippen LogP contribution in [0.25, 0.3) is 0 Å². The Hall–Kier alpha value is -2.00. The van der Waals surface area contributed by atoms with Gasteiger partial charge >= 0.3 is 5.97 Å². The summed E-state index contributed by atoms with van der Waals surface area (Å²) in [4.78, 5) is 11.5. The van der Waals surface area contributed by atoms with E-state index in [0.29, 0.717) is 10.8 Å². The third-order valence-corrected chi connectivity index (χ3v) is 3.94. The van der Waals surface area contributed by atoms with Crippen LogP contribution in [-0.2, 0) is 11.2 Å². The Kier molecular flexibility index (Phi) is 5.09. The summed E-state index contributed by atoms with van der Waals surface area (Å²) in [5.74, 6) is -0.414. The van der Waals surface area contributed by atoms with Crippen LogP contribution in [0.15, 0.2) is 36.4 Å². The molecule has 1 atom stereocenters. The van der Waals surface area contributed by atoms with Crippen molar-refractivity contribution in [2.45, 2.75) is 33.3 Å². The van der Waals surface area contributed by atoms with E-state index in [0.717, 1.165) is 22.3 Å². The largest absolute Gasteiger partial charge is 0.478 e. The van der Waals surface area contributed by atoms with Crippen LogP contribution in [-0.4, -0.2) is 17.2 Å². The summed E-state index contributed by atoms with van der Waals surface area (Å²) in [6.45, 7) is 5.79. The zero-order valence-electron chi connectivity index (χ0n) is 12.9. The summed E-state index contributed by atoms with van der Waals surface area (Å²) in [5, 5.41) is 10.1. The van der Waals surface area contributed by atoms with Crippen molar-refractivity contribution in [2.75, 3.05) is 0 Å². The Morgan fingerprint density at radius 3 is 2.41 bits per heavy atom. The molecular weight excluding hydrogens is 300 g/mol. The van der Waals surface area contributed by atoms with E-state index < -0.39 is 12.1 Å². The molecule has 3 nitrogen and oxygen atoms in total. The molecule has 4 heteroatoms. The molecule has 0 radical (unpaired) electrons. The average Bonchev–Trinajstić information content (AvgIpc) is 2.41. The van der Waals surface area contributed by atoms with Gasteiger partial charge in [0, 0.05) is 11.4 Å². The number of hydrogen-bond donors (Lipinski definition) is 1. The molecule has 2 aromatic rings. The van der Waals surface area contributed by atoms with Gasteiger partial charge in [0.2, 0.25) is 0 Å².